The van der Waals surface area contributed by atoms with Crippen molar-refractivity contribution in [3.63, 3.8) is 0 Å². The first-order valence-electron chi connectivity index (χ1n) is 10.3. The van der Waals surface area contributed by atoms with Gasteiger partial charge in [-0.05, 0) is 55.5 Å². The number of benzene rings is 1. The van der Waals surface area contributed by atoms with E-state index in [0.29, 0.717) is 24.6 Å². The zero-order valence-electron chi connectivity index (χ0n) is 15.9. The van der Waals surface area contributed by atoms with Crippen molar-refractivity contribution in [2.75, 3.05) is 19.6 Å². The second-order valence-corrected chi connectivity index (χ2v) is 8.44. The quantitative estimate of drug-likeness (QED) is 0.750. The number of hydrogen-bond acceptors (Lipinski definition) is 5. The summed E-state index contributed by atoms with van der Waals surface area (Å²) in [6.45, 7) is 4.55. The lowest BCUT2D eigenvalue weighted by Crippen LogP contribution is -2.52. The van der Waals surface area contributed by atoms with Crippen LogP contribution in [0.3, 0.4) is 0 Å². The molecule has 3 atom stereocenters. The van der Waals surface area contributed by atoms with Gasteiger partial charge in [-0.2, -0.15) is 0 Å². The minimum atomic E-state index is -0.552. The van der Waals surface area contributed by atoms with Crippen LogP contribution in [0.25, 0.3) is 0 Å². The molecule has 28 heavy (non-hydrogen) atoms. The third kappa shape index (κ3) is 2.93. The predicted octanol–water partition coefficient (Wildman–Crippen LogP) is 0.631. The van der Waals surface area contributed by atoms with Gasteiger partial charge in [0.1, 0.15) is 6.04 Å². The highest BCUT2D eigenvalue weighted by atomic mass is 16.2. The fourth-order valence-corrected chi connectivity index (χ4v) is 5.38. The Morgan fingerprint density at radius 1 is 1.11 bits per heavy atom. The molecule has 4 aliphatic heterocycles. The van der Waals surface area contributed by atoms with Crippen LogP contribution >= 0.6 is 0 Å². The van der Waals surface area contributed by atoms with E-state index in [1.165, 1.54) is 18.4 Å². The molecular formula is C21H26N4O3. The highest BCUT2D eigenvalue weighted by molar-refractivity contribution is 6.05. The Morgan fingerprint density at radius 2 is 2.00 bits per heavy atom. The van der Waals surface area contributed by atoms with Crippen molar-refractivity contribution < 1.29 is 14.4 Å². The van der Waals surface area contributed by atoms with Crippen LogP contribution in [-0.4, -0.2) is 59.2 Å². The average molecular weight is 382 g/mol. The van der Waals surface area contributed by atoms with Gasteiger partial charge in [-0.25, -0.2) is 0 Å². The van der Waals surface area contributed by atoms with Gasteiger partial charge < -0.3 is 10.2 Å². The Kier molecular flexibility index (Phi) is 4.44. The van der Waals surface area contributed by atoms with E-state index in [1.807, 2.05) is 12.1 Å². The summed E-state index contributed by atoms with van der Waals surface area (Å²) in [7, 11) is 0. The van der Waals surface area contributed by atoms with E-state index < -0.39 is 6.04 Å². The fraction of sp³-hybridized carbons (Fsp3) is 0.571. The van der Waals surface area contributed by atoms with Crippen LogP contribution in [0.5, 0.6) is 0 Å². The van der Waals surface area contributed by atoms with E-state index >= 15 is 0 Å². The number of carbonyl (C=O) groups excluding carboxylic acids is 3. The van der Waals surface area contributed by atoms with Crippen molar-refractivity contribution in [2.45, 2.75) is 50.9 Å². The Hall–Kier alpha value is -2.25. The van der Waals surface area contributed by atoms with Crippen LogP contribution in [0.2, 0.25) is 0 Å². The Labute approximate surface area is 164 Å². The van der Waals surface area contributed by atoms with E-state index in [1.54, 1.807) is 4.90 Å². The Bertz CT molecular complexity index is 839. The SMILES string of the molecule is O=C1CCC(N2Cc3c(CN4CCC[C@H]5CNC[C@H]54)cccc3C2=O)C(=O)N1. The van der Waals surface area contributed by atoms with Crippen LogP contribution in [0, 0.1) is 5.92 Å². The number of hydrogen-bond donors (Lipinski definition) is 2. The van der Waals surface area contributed by atoms with Gasteiger partial charge in [0.25, 0.3) is 5.91 Å². The van der Waals surface area contributed by atoms with Crippen molar-refractivity contribution in [2.24, 2.45) is 5.92 Å². The second kappa shape index (κ2) is 6.97. The highest BCUT2D eigenvalue weighted by Crippen LogP contribution is 2.33. The maximum absolute atomic E-state index is 13.0. The molecule has 0 saturated carbocycles. The van der Waals surface area contributed by atoms with E-state index in [0.717, 1.165) is 37.7 Å². The predicted molar refractivity (Wildman–Crippen MR) is 102 cm³/mol. The van der Waals surface area contributed by atoms with Crippen LogP contribution in [0.4, 0.5) is 0 Å². The normalized spacial score (nSPS) is 30.4. The molecule has 2 N–H and O–H groups in total. The van der Waals surface area contributed by atoms with Gasteiger partial charge in [0, 0.05) is 37.7 Å². The lowest BCUT2D eigenvalue weighted by atomic mass is 9.91. The molecule has 0 aromatic heterocycles. The third-order valence-electron chi connectivity index (χ3n) is 6.85. The molecule has 1 aromatic carbocycles. The van der Waals surface area contributed by atoms with Crippen LogP contribution in [0.1, 0.15) is 47.2 Å². The molecule has 5 rings (SSSR count). The minimum Gasteiger partial charge on any atom is -0.322 e. The van der Waals surface area contributed by atoms with Gasteiger partial charge in [0.05, 0.1) is 0 Å². The van der Waals surface area contributed by atoms with Gasteiger partial charge in [-0.1, -0.05) is 12.1 Å². The number of amides is 3. The Morgan fingerprint density at radius 3 is 2.86 bits per heavy atom. The number of likely N-dealkylation sites (tertiary alicyclic amines) is 1. The zero-order valence-corrected chi connectivity index (χ0v) is 15.9. The molecule has 4 aliphatic rings. The summed E-state index contributed by atoms with van der Waals surface area (Å²) in [6, 6.07) is 5.96. The molecule has 7 heteroatoms. The van der Waals surface area contributed by atoms with Crippen molar-refractivity contribution in [1.82, 2.24) is 20.4 Å². The molecule has 148 valence electrons. The lowest BCUT2D eigenvalue weighted by molar-refractivity contribution is -0.136. The molecule has 0 spiro atoms. The molecule has 3 fully saturated rings. The molecule has 1 aromatic rings. The highest BCUT2D eigenvalue weighted by Gasteiger charge is 2.40. The smallest absolute Gasteiger partial charge is 0.255 e. The molecule has 0 bridgehead atoms. The van der Waals surface area contributed by atoms with Crippen molar-refractivity contribution in [1.29, 1.82) is 0 Å². The largest absolute Gasteiger partial charge is 0.322 e. The van der Waals surface area contributed by atoms with E-state index in [9.17, 15) is 14.4 Å². The van der Waals surface area contributed by atoms with E-state index in [-0.39, 0.29) is 24.1 Å². The second-order valence-electron chi connectivity index (χ2n) is 8.44. The van der Waals surface area contributed by atoms with Gasteiger partial charge in [0.2, 0.25) is 11.8 Å². The minimum absolute atomic E-state index is 0.0922. The van der Waals surface area contributed by atoms with Crippen LogP contribution in [0.15, 0.2) is 18.2 Å². The number of fused-ring (bicyclic) bond motifs is 2. The van der Waals surface area contributed by atoms with Crippen molar-refractivity contribution >= 4 is 17.7 Å². The molecule has 3 saturated heterocycles. The molecule has 0 aliphatic carbocycles. The molecular weight excluding hydrogens is 356 g/mol. The molecule has 1 unspecified atom stereocenters. The summed E-state index contributed by atoms with van der Waals surface area (Å²) in [5, 5.41) is 5.89. The molecule has 3 amide bonds. The topological polar surface area (TPSA) is 81.8 Å². The summed E-state index contributed by atoms with van der Waals surface area (Å²) >= 11 is 0. The first kappa shape index (κ1) is 17.8. The van der Waals surface area contributed by atoms with E-state index in [2.05, 4.69) is 21.6 Å². The maximum atomic E-state index is 13.0. The summed E-state index contributed by atoms with van der Waals surface area (Å²) < 4.78 is 0. The lowest BCUT2D eigenvalue weighted by Gasteiger charge is -2.37. The first-order chi connectivity index (χ1) is 13.6. The number of nitrogens with zero attached hydrogens (tertiary/aromatic N) is 2. The fourth-order valence-electron chi connectivity index (χ4n) is 5.38. The summed E-state index contributed by atoms with van der Waals surface area (Å²) in [5.74, 6) is 0.0308. The van der Waals surface area contributed by atoms with Crippen LogP contribution < -0.4 is 10.6 Å². The van der Waals surface area contributed by atoms with Gasteiger partial charge in [0.15, 0.2) is 0 Å². The van der Waals surface area contributed by atoms with E-state index in [4.69, 9.17) is 0 Å². The number of nitrogens with one attached hydrogen (secondary N) is 2. The number of imide groups is 1. The number of piperidine rings is 2. The summed E-state index contributed by atoms with van der Waals surface area (Å²) in [5.41, 5.74) is 2.94. The summed E-state index contributed by atoms with van der Waals surface area (Å²) in [6.07, 6.45) is 3.20. The summed E-state index contributed by atoms with van der Waals surface area (Å²) in [4.78, 5) is 40.9. The maximum Gasteiger partial charge on any atom is 0.255 e. The third-order valence-corrected chi connectivity index (χ3v) is 6.85. The Balaban J connectivity index is 1.38. The molecule has 7 nitrogen and oxygen atoms in total. The number of rotatable bonds is 3. The van der Waals surface area contributed by atoms with Crippen LogP contribution in [-0.2, 0) is 22.7 Å². The van der Waals surface area contributed by atoms with Gasteiger partial charge in [-0.3, -0.25) is 24.6 Å². The molecule has 4 heterocycles. The molecule has 0 radical (unpaired) electrons. The van der Waals surface area contributed by atoms with Gasteiger partial charge >= 0.3 is 0 Å². The van der Waals surface area contributed by atoms with Crippen molar-refractivity contribution in [3.8, 4) is 0 Å². The monoisotopic (exact) mass is 382 g/mol. The average Bonchev–Trinajstić information content (AvgIpc) is 3.28. The zero-order chi connectivity index (χ0) is 19.3. The number of carbonyl (C=O) groups is 3. The first-order valence-corrected chi connectivity index (χ1v) is 10.3. The van der Waals surface area contributed by atoms with Gasteiger partial charge in [-0.15, -0.1) is 0 Å². The van der Waals surface area contributed by atoms with Crippen molar-refractivity contribution in [3.05, 3.63) is 34.9 Å². The standard InChI is InChI=1S/C21H26N4O3/c26-19-7-6-17(20(27)23-19)25-12-16-14(3-1-5-15(16)21(25)28)11-24-8-2-4-13-9-22-10-18(13)24/h1,3,5,13,17-18,22H,2,4,6-12H2,(H,23,26,27)/t13-,17?,18+/m0/s1.